The zero-order valence-corrected chi connectivity index (χ0v) is 23.5. The van der Waals surface area contributed by atoms with Gasteiger partial charge in [0.25, 0.3) is 0 Å². The molecule has 8 nitrogen and oxygen atoms in total. The number of nitrogens with zero attached hydrogens (tertiary/aromatic N) is 4. The topological polar surface area (TPSA) is 79.7 Å². The molecular weight excluding hydrogens is 581 g/mol. The minimum atomic E-state index is -4.92. The lowest BCUT2D eigenvalue weighted by atomic mass is 9.95. The summed E-state index contributed by atoms with van der Waals surface area (Å²) in [6, 6.07) is 2.98. The van der Waals surface area contributed by atoms with Crippen molar-refractivity contribution < 1.29 is 31.5 Å². The molecule has 1 aromatic heterocycles. The Morgan fingerprint density at radius 3 is 2.60 bits per heavy atom. The van der Waals surface area contributed by atoms with Crippen LogP contribution < -0.4 is 15.9 Å². The first kappa shape index (κ1) is 30.0. The zero-order chi connectivity index (χ0) is 30.2. The van der Waals surface area contributed by atoms with Crippen LogP contribution in [0, 0.1) is 11.6 Å². The second-order valence-corrected chi connectivity index (χ2v) is 11.0. The van der Waals surface area contributed by atoms with Crippen molar-refractivity contribution >= 4 is 34.4 Å². The number of methoxy groups -OCH3 is 1. The van der Waals surface area contributed by atoms with Gasteiger partial charge >= 0.3 is 11.9 Å². The van der Waals surface area contributed by atoms with Gasteiger partial charge in [-0.1, -0.05) is 6.58 Å². The highest BCUT2D eigenvalue weighted by molar-refractivity contribution is 7.99. The molecule has 42 heavy (non-hydrogen) atoms. The Labute approximate surface area is 242 Å². The van der Waals surface area contributed by atoms with Gasteiger partial charge < -0.3 is 19.9 Å². The molecule has 1 N–H and O–H groups in total. The van der Waals surface area contributed by atoms with E-state index in [1.807, 2.05) is 0 Å². The standard InChI is InChI=1S/C28H28F5N5O3S/c1-3-22(39)36-7-9-37(10-8-36)26-19-13-20(28(31,32)33)23(18-5-4-16(29)12-21(18)30)25-24(19)38(27(40)35-26)14-17(15-42-25)34-6-11-41-2/h3-5,12-13,17,34H,1,6-11,14-15H2,2H3. The van der Waals surface area contributed by atoms with Gasteiger partial charge in [0.1, 0.15) is 17.5 Å². The van der Waals surface area contributed by atoms with E-state index in [0.29, 0.717) is 19.2 Å². The van der Waals surface area contributed by atoms with Crippen LogP contribution in [0.15, 0.2) is 46.6 Å². The number of nitrogens with one attached hydrogen (secondary N) is 1. The first-order valence-electron chi connectivity index (χ1n) is 13.2. The number of aromatic nitrogens is 2. The molecule has 2 aliphatic heterocycles. The lowest BCUT2D eigenvalue weighted by molar-refractivity contribution is -0.137. The Balaban J connectivity index is 1.76. The largest absolute Gasteiger partial charge is 0.417 e. The Bertz CT molecular complexity index is 1590. The average Bonchev–Trinajstić information content (AvgIpc) is 3.15. The number of hydrogen-bond acceptors (Lipinski definition) is 7. The van der Waals surface area contributed by atoms with Crippen LogP contribution in [0.5, 0.6) is 0 Å². The minimum Gasteiger partial charge on any atom is -0.383 e. The van der Waals surface area contributed by atoms with Gasteiger partial charge in [-0.2, -0.15) is 18.2 Å². The number of carbonyl (C=O) groups excluding carboxylic acids is 1. The summed E-state index contributed by atoms with van der Waals surface area (Å²) >= 11 is 1.07. The van der Waals surface area contributed by atoms with E-state index in [1.165, 1.54) is 17.8 Å². The lowest BCUT2D eigenvalue weighted by Gasteiger charge is -2.35. The Kier molecular flexibility index (Phi) is 8.58. The van der Waals surface area contributed by atoms with Crippen LogP contribution in [0.25, 0.3) is 22.0 Å². The van der Waals surface area contributed by atoms with Gasteiger partial charge in [-0.15, -0.1) is 11.8 Å². The number of rotatable bonds is 7. The van der Waals surface area contributed by atoms with Gasteiger partial charge in [-0.05, 0) is 24.3 Å². The van der Waals surface area contributed by atoms with Crippen molar-refractivity contribution in [3.63, 3.8) is 0 Å². The number of benzene rings is 2. The quantitative estimate of drug-likeness (QED) is 0.247. The van der Waals surface area contributed by atoms with E-state index < -0.39 is 40.2 Å². The molecule has 0 saturated carbocycles. The summed E-state index contributed by atoms with van der Waals surface area (Å²) in [5.41, 5.74) is -2.48. The van der Waals surface area contributed by atoms with E-state index >= 15 is 4.39 Å². The smallest absolute Gasteiger partial charge is 0.383 e. The molecule has 0 spiro atoms. The molecule has 2 aliphatic rings. The van der Waals surface area contributed by atoms with E-state index in [1.54, 1.807) is 9.80 Å². The summed E-state index contributed by atoms with van der Waals surface area (Å²) in [5, 5.41) is 3.33. The van der Waals surface area contributed by atoms with Crippen molar-refractivity contribution in [1.82, 2.24) is 19.8 Å². The summed E-state index contributed by atoms with van der Waals surface area (Å²) in [6.07, 6.45) is -3.73. The number of piperazine rings is 1. The van der Waals surface area contributed by atoms with Crippen molar-refractivity contribution in [3.8, 4) is 11.1 Å². The molecule has 0 bridgehead atoms. The van der Waals surface area contributed by atoms with Crippen molar-refractivity contribution in [1.29, 1.82) is 0 Å². The molecule has 5 rings (SSSR count). The van der Waals surface area contributed by atoms with E-state index in [2.05, 4.69) is 16.9 Å². The third-order valence-corrected chi connectivity index (χ3v) is 8.60. The second-order valence-electron chi connectivity index (χ2n) is 9.95. The first-order chi connectivity index (χ1) is 20.0. The van der Waals surface area contributed by atoms with Crippen LogP contribution >= 0.6 is 11.8 Å². The third kappa shape index (κ3) is 5.75. The maximum Gasteiger partial charge on any atom is 0.417 e. The van der Waals surface area contributed by atoms with Gasteiger partial charge in [-0.25, -0.2) is 13.6 Å². The Morgan fingerprint density at radius 1 is 1.21 bits per heavy atom. The van der Waals surface area contributed by atoms with Crippen molar-refractivity contribution in [2.45, 2.75) is 23.7 Å². The summed E-state index contributed by atoms with van der Waals surface area (Å²) in [4.78, 5) is 33.2. The molecule has 14 heteroatoms. The molecule has 2 aromatic carbocycles. The molecule has 1 unspecified atom stereocenters. The highest BCUT2D eigenvalue weighted by atomic mass is 32.2. The highest BCUT2D eigenvalue weighted by Gasteiger charge is 2.39. The zero-order valence-electron chi connectivity index (χ0n) is 22.6. The van der Waals surface area contributed by atoms with Gasteiger partial charge in [-0.3, -0.25) is 9.36 Å². The van der Waals surface area contributed by atoms with Gasteiger partial charge in [0.15, 0.2) is 0 Å². The second kappa shape index (κ2) is 12.0. The fourth-order valence-corrected chi connectivity index (χ4v) is 6.65. The Hall–Kier alpha value is -3.49. The van der Waals surface area contributed by atoms with Crippen molar-refractivity contribution in [2.24, 2.45) is 0 Å². The molecular formula is C28H28F5N5O3S. The van der Waals surface area contributed by atoms with Crippen molar-refractivity contribution in [2.75, 3.05) is 57.1 Å². The molecule has 1 fully saturated rings. The van der Waals surface area contributed by atoms with Crippen LogP contribution in [-0.4, -0.2) is 78.6 Å². The molecule has 3 heterocycles. The molecule has 1 atom stereocenters. The monoisotopic (exact) mass is 609 g/mol. The van der Waals surface area contributed by atoms with Crippen LogP contribution in [-0.2, 0) is 22.3 Å². The van der Waals surface area contributed by atoms with Crippen molar-refractivity contribution in [3.05, 3.63) is 64.6 Å². The van der Waals surface area contributed by atoms with Crippen LogP contribution in [0.2, 0.25) is 0 Å². The number of amides is 1. The first-order valence-corrected chi connectivity index (χ1v) is 14.2. The van der Waals surface area contributed by atoms with Gasteiger partial charge in [0.2, 0.25) is 5.91 Å². The summed E-state index contributed by atoms with van der Waals surface area (Å²) in [5.74, 6) is -2.04. The number of anilines is 1. The molecule has 224 valence electrons. The Morgan fingerprint density at radius 2 is 1.95 bits per heavy atom. The van der Waals surface area contributed by atoms with Crippen LogP contribution in [0.4, 0.5) is 27.8 Å². The molecule has 1 amide bonds. The fraction of sp³-hybridized carbons (Fsp3) is 0.393. The van der Waals surface area contributed by atoms with E-state index in [0.717, 1.165) is 30.0 Å². The molecule has 3 aromatic rings. The maximum absolute atomic E-state index is 15.1. The number of thioether (sulfide) groups is 1. The predicted molar refractivity (Wildman–Crippen MR) is 150 cm³/mol. The molecule has 1 saturated heterocycles. The fourth-order valence-electron chi connectivity index (χ4n) is 5.34. The van der Waals surface area contributed by atoms with Gasteiger partial charge in [0, 0.05) is 85.6 Å². The lowest BCUT2D eigenvalue weighted by Crippen LogP contribution is -2.49. The predicted octanol–water partition coefficient (Wildman–Crippen LogP) is 3.91. The van der Waals surface area contributed by atoms with E-state index in [-0.39, 0.29) is 72.0 Å². The summed E-state index contributed by atoms with van der Waals surface area (Å²) in [7, 11) is 1.53. The van der Waals surface area contributed by atoms with E-state index in [4.69, 9.17) is 4.74 Å². The average molecular weight is 610 g/mol. The number of alkyl halides is 3. The number of halogens is 5. The normalized spacial score (nSPS) is 17.4. The third-order valence-electron chi connectivity index (χ3n) is 7.34. The highest BCUT2D eigenvalue weighted by Crippen LogP contribution is 2.48. The number of carbonyl (C=O) groups is 1. The molecule has 0 radical (unpaired) electrons. The summed E-state index contributed by atoms with van der Waals surface area (Å²) in [6.45, 7) is 5.37. The van der Waals surface area contributed by atoms with Crippen LogP contribution in [0.1, 0.15) is 5.56 Å². The summed E-state index contributed by atoms with van der Waals surface area (Å²) < 4.78 is 79.6. The van der Waals surface area contributed by atoms with Crippen LogP contribution in [0.3, 0.4) is 0 Å². The minimum absolute atomic E-state index is 0.0567. The maximum atomic E-state index is 15.1. The van der Waals surface area contributed by atoms with Gasteiger partial charge in [0.05, 0.1) is 17.7 Å². The van der Waals surface area contributed by atoms with E-state index in [9.17, 15) is 27.2 Å². The molecule has 0 aliphatic carbocycles. The SMILES string of the molecule is C=CC(=O)N1CCN(c2nc(=O)n3c4c(c(-c5ccc(F)cc5F)c(C(F)(F)F)cc24)SCC(NCCOC)C3)CC1. The number of ether oxygens (including phenoxy) is 1. The number of hydrogen-bond donors (Lipinski definition) is 1.